The van der Waals surface area contributed by atoms with Gasteiger partial charge in [0.1, 0.15) is 12.4 Å². The van der Waals surface area contributed by atoms with Gasteiger partial charge < -0.3 is 9.64 Å². The first-order valence-corrected chi connectivity index (χ1v) is 11.3. The van der Waals surface area contributed by atoms with Gasteiger partial charge in [0.05, 0.1) is 23.1 Å². The van der Waals surface area contributed by atoms with E-state index in [0.717, 1.165) is 5.75 Å². The van der Waals surface area contributed by atoms with E-state index in [0.29, 0.717) is 44.6 Å². The van der Waals surface area contributed by atoms with Crippen LogP contribution in [0.25, 0.3) is 0 Å². The van der Waals surface area contributed by atoms with E-state index in [-0.39, 0.29) is 16.7 Å². The summed E-state index contributed by atoms with van der Waals surface area (Å²) in [6, 6.07) is 17.3. The van der Waals surface area contributed by atoms with E-state index in [9.17, 15) is 13.2 Å². The third kappa shape index (κ3) is 5.17. The summed E-state index contributed by atoms with van der Waals surface area (Å²) in [4.78, 5) is 14.5. The summed E-state index contributed by atoms with van der Waals surface area (Å²) in [7, 11) is -1.88. The molecular weight excluding hydrogens is 402 g/mol. The number of carbonyl (C=O) groups is 1. The van der Waals surface area contributed by atoms with E-state index in [1.807, 2.05) is 36.4 Å². The third-order valence-electron chi connectivity index (χ3n) is 5.24. The van der Waals surface area contributed by atoms with Gasteiger partial charge in [0.25, 0.3) is 0 Å². The first-order valence-electron chi connectivity index (χ1n) is 9.85. The lowest BCUT2D eigenvalue weighted by molar-refractivity contribution is -0.135. The average Bonchev–Trinajstić information content (AvgIpc) is 2.79. The maximum absolute atomic E-state index is 12.8. The molecule has 158 valence electrons. The number of hydrogen-bond acceptors (Lipinski definition) is 5. The predicted molar refractivity (Wildman–Crippen MR) is 112 cm³/mol. The van der Waals surface area contributed by atoms with Crippen LogP contribution in [0.1, 0.15) is 18.4 Å². The quantitative estimate of drug-likeness (QED) is 0.677. The van der Waals surface area contributed by atoms with Crippen LogP contribution in [0.3, 0.4) is 0 Å². The number of hydrogen-bond donors (Lipinski definition) is 0. The highest BCUT2D eigenvalue weighted by Crippen LogP contribution is 2.25. The Bertz CT molecular complexity index is 993. The molecule has 2 aromatic rings. The molecule has 3 rings (SSSR count). The minimum atomic E-state index is -3.62. The van der Waals surface area contributed by atoms with E-state index in [1.54, 1.807) is 11.9 Å². The predicted octanol–water partition coefficient (Wildman–Crippen LogP) is 2.50. The highest BCUT2D eigenvalue weighted by Gasteiger charge is 2.33. The van der Waals surface area contributed by atoms with Gasteiger partial charge in [-0.1, -0.05) is 18.2 Å². The molecule has 0 N–H and O–H groups in total. The van der Waals surface area contributed by atoms with Crippen LogP contribution >= 0.6 is 0 Å². The van der Waals surface area contributed by atoms with Gasteiger partial charge >= 0.3 is 0 Å². The maximum Gasteiger partial charge on any atom is 0.243 e. The summed E-state index contributed by atoms with van der Waals surface area (Å²) >= 11 is 0. The molecule has 1 fully saturated rings. The molecule has 0 unspecified atom stereocenters. The van der Waals surface area contributed by atoms with Gasteiger partial charge in [-0.05, 0) is 49.2 Å². The molecule has 0 atom stereocenters. The number of rotatable bonds is 7. The molecule has 0 bridgehead atoms. The molecular formula is C22H25N3O4S. The number of amides is 1. The van der Waals surface area contributed by atoms with Crippen LogP contribution in [0.5, 0.6) is 5.75 Å². The van der Waals surface area contributed by atoms with Crippen molar-refractivity contribution in [2.45, 2.75) is 17.7 Å². The Balaban J connectivity index is 1.50. The van der Waals surface area contributed by atoms with Crippen molar-refractivity contribution < 1.29 is 17.9 Å². The normalized spacial score (nSPS) is 15.3. The summed E-state index contributed by atoms with van der Waals surface area (Å²) in [5.74, 6) is 0.584. The van der Waals surface area contributed by atoms with Crippen LogP contribution in [-0.2, 0) is 14.8 Å². The second-order valence-corrected chi connectivity index (χ2v) is 9.17. The van der Waals surface area contributed by atoms with Gasteiger partial charge in [-0.25, -0.2) is 8.42 Å². The van der Waals surface area contributed by atoms with Crippen molar-refractivity contribution in [1.29, 1.82) is 5.26 Å². The summed E-state index contributed by atoms with van der Waals surface area (Å²) in [6.07, 6.45) is 0.969. The van der Waals surface area contributed by atoms with Gasteiger partial charge in [-0.15, -0.1) is 0 Å². The maximum atomic E-state index is 12.8. The van der Waals surface area contributed by atoms with E-state index >= 15 is 0 Å². The Morgan fingerprint density at radius 1 is 1.13 bits per heavy atom. The molecule has 0 radical (unpaired) electrons. The lowest BCUT2D eigenvalue weighted by atomic mass is 9.97. The zero-order valence-electron chi connectivity index (χ0n) is 16.9. The molecule has 1 aliphatic rings. The van der Waals surface area contributed by atoms with Crippen LogP contribution < -0.4 is 4.74 Å². The lowest BCUT2D eigenvalue weighted by Gasteiger charge is -2.32. The number of ether oxygens (including phenoxy) is 1. The van der Waals surface area contributed by atoms with Gasteiger partial charge in [0.15, 0.2) is 0 Å². The van der Waals surface area contributed by atoms with Crippen LogP contribution in [-0.4, -0.2) is 56.8 Å². The zero-order valence-corrected chi connectivity index (χ0v) is 17.7. The minimum absolute atomic E-state index is 0.0158. The Morgan fingerprint density at radius 3 is 2.37 bits per heavy atom. The molecule has 1 amide bonds. The smallest absolute Gasteiger partial charge is 0.243 e. The summed E-state index contributed by atoms with van der Waals surface area (Å²) in [6.45, 7) is 1.47. The second kappa shape index (κ2) is 9.74. The van der Waals surface area contributed by atoms with Crippen LogP contribution in [0.2, 0.25) is 0 Å². The molecule has 0 aliphatic carbocycles. The SMILES string of the molecule is CN(CCOc1ccccc1)C(=O)C1CCN(S(=O)(=O)c2ccc(C#N)cc2)CC1. The number of piperidine rings is 1. The van der Waals surface area contributed by atoms with Crippen molar-refractivity contribution in [3.63, 3.8) is 0 Å². The third-order valence-corrected chi connectivity index (χ3v) is 7.15. The highest BCUT2D eigenvalue weighted by atomic mass is 32.2. The van der Waals surface area contributed by atoms with Gasteiger partial charge in [0, 0.05) is 26.1 Å². The van der Waals surface area contributed by atoms with Crippen molar-refractivity contribution in [3.8, 4) is 11.8 Å². The zero-order chi connectivity index (χ0) is 21.6. The van der Waals surface area contributed by atoms with Gasteiger partial charge in [0.2, 0.25) is 15.9 Å². The molecule has 1 heterocycles. The second-order valence-electron chi connectivity index (χ2n) is 7.24. The number of nitrogens with zero attached hydrogens (tertiary/aromatic N) is 3. The van der Waals surface area contributed by atoms with Crippen molar-refractivity contribution in [2.24, 2.45) is 5.92 Å². The van der Waals surface area contributed by atoms with Gasteiger partial charge in [-0.2, -0.15) is 9.57 Å². The Hall–Kier alpha value is -2.89. The monoisotopic (exact) mass is 427 g/mol. The molecule has 2 aromatic carbocycles. The number of para-hydroxylation sites is 1. The number of carbonyl (C=O) groups excluding carboxylic acids is 1. The fraction of sp³-hybridized carbons (Fsp3) is 0.364. The topological polar surface area (TPSA) is 90.7 Å². The van der Waals surface area contributed by atoms with E-state index in [1.165, 1.54) is 28.6 Å². The molecule has 7 nitrogen and oxygen atoms in total. The fourth-order valence-corrected chi connectivity index (χ4v) is 4.90. The Kier molecular flexibility index (Phi) is 7.08. The molecule has 0 saturated carbocycles. The average molecular weight is 428 g/mol. The fourth-order valence-electron chi connectivity index (χ4n) is 3.43. The number of sulfonamides is 1. The Labute approximate surface area is 177 Å². The molecule has 30 heavy (non-hydrogen) atoms. The molecule has 1 saturated heterocycles. The standard InChI is InChI=1S/C22H25N3O4S/c1-24(15-16-29-20-5-3-2-4-6-20)22(26)19-11-13-25(14-12-19)30(27,28)21-9-7-18(17-23)8-10-21/h2-10,19H,11-16H2,1H3. The highest BCUT2D eigenvalue weighted by molar-refractivity contribution is 7.89. The minimum Gasteiger partial charge on any atom is -0.492 e. The summed E-state index contributed by atoms with van der Waals surface area (Å²) in [5, 5.41) is 8.86. The molecule has 8 heteroatoms. The van der Waals surface area contributed by atoms with Crippen molar-refractivity contribution in [2.75, 3.05) is 33.3 Å². The summed E-state index contributed by atoms with van der Waals surface area (Å²) in [5.41, 5.74) is 0.414. The van der Waals surface area contributed by atoms with Crippen LogP contribution in [0, 0.1) is 17.2 Å². The van der Waals surface area contributed by atoms with Crippen LogP contribution in [0.4, 0.5) is 0 Å². The Morgan fingerprint density at radius 2 is 1.77 bits per heavy atom. The van der Waals surface area contributed by atoms with E-state index < -0.39 is 10.0 Å². The van der Waals surface area contributed by atoms with Crippen molar-refractivity contribution in [1.82, 2.24) is 9.21 Å². The first-order chi connectivity index (χ1) is 14.4. The van der Waals surface area contributed by atoms with E-state index in [2.05, 4.69) is 0 Å². The number of nitriles is 1. The number of likely N-dealkylation sites (N-methyl/N-ethyl adjacent to an activating group) is 1. The first kappa shape index (κ1) is 21.8. The molecule has 1 aliphatic heterocycles. The van der Waals surface area contributed by atoms with Gasteiger partial charge in [-0.3, -0.25) is 4.79 Å². The summed E-state index contributed by atoms with van der Waals surface area (Å²) < 4.78 is 32.7. The van der Waals surface area contributed by atoms with Crippen molar-refractivity contribution >= 4 is 15.9 Å². The van der Waals surface area contributed by atoms with Crippen molar-refractivity contribution in [3.05, 3.63) is 60.2 Å². The van der Waals surface area contributed by atoms with E-state index in [4.69, 9.17) is 10.00 Å². The van der Waals surface area contributed by atoms with Crippen LogP contribution in [0.15, 0.2) is 59.5 Å². The lowest BCUT2D eigenvalue weighted by Crippen LogP contribution is -2.44. The number of benzene rings is 2. The largest absolute Gasteiger partial charge is 0.492 e. The molecule has 0 aromatic heterocycles. The molecule has 0 spiro atoms.